The van der Waals surface area contributed by atoms with Gasteiger partial charge in [-0.05, 0) is 12.2 Å². The van der Waals surface area contributed by atoms with Crippen LogP contribution in [0, 0.1) is 6.42 Å². The van der Waals surface area contributed by atoms with Crippen LogP contribution in [0.4, 0.5) is 17.6 Å². The summed E-state index contributed by atoms with van der Waals surface area (Å²) in [6.07, 6.45) is -1.91. The van der Waals surface area contributed by atoms with Crippen molar-refractivity contribution in [1.82, 2.24) is 0 Å². The largest absolute Gasteiger partial charge is 0.416 e. The van der Waals surface area contributed by atoms with Crippen molar-refractivity contribution < 1.29 is 17.6 Å². The van der Waals surface area contributed by atoms with E-state index in [9.17, 15) is 17.6 Å². The van der Waals surface area contributed by atoms with Crippen molar-refractivity contribution >= 4 is 11.6 Å². The Bertz CT molecular complexity index is 236. The van der Waals surface area contributed by atoms with Crippen LogP contribution in [0.3, 0.4) is 0 Å². The SMILES string of the molecule is FC1(Cl)[CH]C=C(C(F)(F)F)C=C1. The quantitative estimate of drug-likeness (QED) is 0.415. The standard InChI is InChI=1S/C7H4ClF4/c8-6(9)3-1-5(2-4-6)7(10,11)12/h1-4H. The summed E-state index contributed by atoms with van der Waals surface area (Å²) in [5.41, 5.74) is -0.906. The second-order valence-corrected chi connectivity index (χ2v) is 2.87. The van der Waals surface area contributed by atoms with Crippen LogP contribution in [0.15, 0.2) is 23.8 Å². The topological polar surface area (TPSA) is 0 Å². The van der Waals surface area contributed by atoms with E-state index < -0.39 is 16.9 Å². The summed E-state index contributed by atoms with van der Waals surface area (Å²) < 4.78 is 48.3. The third kappa shape index (κ3) is 2.24. The molecule has 0 aliphatic heterocycles. The van der Waals surface area contributed by atoms with Crippen molar-refractivity contribution in [2.75, 3.05) is 0 Å². The highest BCUT2D eigenvalue weighted by Crippen LogP contribution is 2.34. The molecule has 0 saturated carbocycles. The van der Waals surface area contributed by atoms with Crippen LogP contribution >= 0.6 is 11.6 Å². The number of alkyl halides is 5. The molecule has 5 heteroatoms. The average Bonchev–Trinajstić information content (AvgIpc) is 1.83. The normalized spacial score (nSPS) is 30.2. The van der Waals surface area contributed by atoms with Crippen LogP contribution < -0.4 is 0 Å². The van der Waals surface area contributed by atoms with Gasteiger partial charge in [-0.15, -0.1) is 0 Å². The number of hydrogen-bond acceptors (Lipinski definition) is 0. The van der Waals surface area contributed by atoms with E-state index in [2.05, 4.69) is 0 Å². The first-order valence-electron chi connectivity index (χ1n) is 3.02. The molecular weight excluding hydrogens is 196 g/mol. The van der Waals surface area contributed by atoms with Crippen LogP contribution in [0.25, 0.3) is 0 Å². The van der Waals surface area contributed by atoms with Gasteiger partial charge in [-0.25, -0.2) is 4.39 Å². The fourth-order valence-corrected chi connectivity index (χ4v) is 0.828. The van der Waals surface area contributed by atoms with Crippen molar-refractivity contribution in [2.24, 2.45) is 0 Å². The van der Waals surface area contributed by atoms with E-state index in [1.807, 2.05) is 0 Å². The van der Waals surface area contributed by atoms with Crippen molar-refractivity contribution in [3.05, 3.63) is 30.2 Å². The van der Waals surface area contributed by atoms with Crippen LogP contribution in [0.2, 0.25) is 0 Å². The van der Waals surface area contributed by atoms with Gasteiger partial charge in [0.15, 0.2) is 0 Å². The molecule has 0 aromatic rings. The maximum atomic E-state index is 12.6. The van der Waals surface area contributed by atoms with Crippen LogP contribution in [-0.4, -0.2) is 11.3 Å². The molecule has 67 valence electrons. The molecule has 0 aromatic carbocycles. The summed E-state index contributed by atoms with van der Waals surface area (Å²) in [4.78, 5) is 0. The summed E-state index contributed by atoms with van der Waals surface area (Å²) in [7, 11) is 0. The lowest BCUT2D eigenvalue weighted by Crippen LogP contribution is -2.18. The minimum atomic E-state index is -4.44. The molecule has 1 rings (SSSR count). The lowest BCUT2D eigenvalue weighted by atomic mass is 10.1. The first-order chi connectivity index (χ1) is 5.31. The lowest BCUT2D eigenvalue weighted by Gasteiger charge is -2.17. The predicted molar refractivity (Wildman–Crippen MR) is 37.3 cm³/mol. The molecule has 12 heavy (non-hydrogen) atoms. The number of allylic oxidation sites excluding steroid dienone is 4. The van der Waals surface area contributed by atoms with E-state index in [0.29, 0.717) is 24.6 Å². The maximum Gasteiger partial charge on any atom is 0.416 e. The van der Waals surface area contributed by atoms with Gasteiger partial charge in [0.25, 0.3) is 0 Å². The Morgan fingerprint density at radius 3 is 2.25 bits per heavy atom. The summed E-state index contributed by atoms with van der Waals surface area (Å²) >= 11 is 5.07. The van der Waals surface area contributed by atoms with Crippen molar-refractivity contribution in [3.63, 3.8) is 0 Å². The monoisotopic (exact) mass is 199 g/mol. The number of halogens is 5. The Balaban J connectivity index is 2.78. The third-order valence-corrected chi connectivity index (χ3v) is 1.55. The highest BCUT2D eigenvalue weighted by molar-refractivity contribution is 6.25. The first-order valence-corrected chi connectivity index (χ1v) is 3.39. The maximum absolute atomic E-state index is 12.6. The zero-order chi connectivity index (χ0) is 9.41. The molecule has 0 heterocycles. The highest BCUT2D eigenvalue weighted by atomic mass is 35.5. The molecule has 1 aliphatic carbocycles. The van der Waals surface area contributed by atoms with Gasteiger partial charge in [0.05, 0.1) is 5.57 Å². The molecule has 0 saturated heterocycles. The van der Waals surface area contributed by atoms with Gasteiger partial charge in [-0.2, -0.15) is 13.2 Å². The molecule has 1 aliphatic rings. The Morgan fingerprint density at radius 1 is 1.33 bits per heavy atom. The van der Waals surface area contributed by atoms with Crippen LogP contribution in [0.1, 0.15) is 0 Å². The fraction of sp³-hybridized carbons (Fsp3) is 0.286. The number of hydrogen-bond donors (Lipinski definition) is 0. The zero-order valence-corrected chi connectivity index (χ0v) is 6.46. The Hall–Kier alpha value is -0.510. The lowest BCUT2D eigenvalue weighted by molar-refractivity contribution is -0.0885. The molecule has 0 aromatic heterocycles. The molecule has 0 bridgehead atoms. The van der Waals surface area contributed by atoms with E-state index in [1.54, 1.807) is 0 Å². The minimum Gasteiger partial charge on any atom is -0.221 e. The third-order valence-electron chi connectivity index (χ3n) is 1.30. The van der Waals surface area contributed by atoms with Gasteiger partial charge in [-0.3, -0.25) is 0 Å². The fourth-order valence-electron chi connectivity index (χ4n) is 0.702. The molecule has 0 amide bonds. The summed E-state index contributed by atoms with van der Waals surface area (Å²) in [6, 6.07) is 0. The van der Waals surface area contributed by atoms with Gasteiger partial charge in [0.2, 0.25) is 5.13 Å². The Labute approximate surface area is 71.5 Å². The molecular formula is C7H4ClF4. The van der Waals surface area contributed by atoms with Crippen molar-refractivity contribution in [2.45, 2.75) is 11.3 Å². The molecule has 0 nitrogen and oxygen atoms in total. The van der Waals surface area contributed by atoms with E-state index in [1.165, 1.54) is 0 Å². The van der Waals surface area contributed by atoms with Gasteiger partial charge in [-0.1, -0.05) is 17.7 Å². The van der Waals surface area contributed by atoms with E-state index >= 15 is 0 Å². The molecule has 0 spiro atoms. The first kappa shape index (κ1) is 9.58. The van der Waals surface area contributed by atoms with Crippen molar-refractivity contribution in [3.8, 4) is 0 Å². The summed E-state index contributed by atoms with van der Waals surface area (Å²) in [5, 5.41) is -2.28. The van der Waals surface area contributed by atoms with E-state index in [0.717, 1.165) is 0 Å². The Kier molecular flexibility index (Phi) is 2.21. The van der Waals surface area contributed by atoms with Gasteiger partial charge >= 0.3 is 6.18 Å². The zero-order valence-electron chi connectivity index (χ0n) is 5.70. The molecule has 1 unspecified atom stereocenters. The van der Waals surface area contributed by atoms with Gasteiger partial charge in [0.1, 0.15) is 0 Å². The predicted octanol–water partition coefficient (Wildman–Crippen LogP) is 3.15. The summed E-state index contributed by atoms with van der Waals surface area (Å²) in [6.45, 7) is 0. The van der Waals surface area contributed by atoms with Crippen LogP contribution in [-0.2, 0) is 0 Å². The Morgan fingerprint density at radius 2 is 1.92 bits per heavy atom. The molecule has 0 fully saturated rings. The summed E-state index contributed by atoms with van der Waals surface area (Å²) in [5.74, 6) is 0. The highest BCUT2D eigenvalue weighted by Gasteiger charge is 2.36. The molecule has 1 atom stereocenters. The van der Waals surface area contributed by atoms with E-state index in [4.69, 9.17) is 11.6 Å². The second kappa shape index (κ2) is 2.76. The second-order valence-electron chi connectivity index (χ2n) is 2.29. The minimum absolute atomic E-state index is 0.618. The average molecular weight is 200 g/mol. The van der Waals surface area contributed by atoms with E-state index in [-0.39, 0.29) is 0 Å². The molecule has 1 radical (unpaired) electrons. The van der Waals surface area contributed by atoms with Gasteiger partial charge in [0, 0.05) is 6.42 Å². The molecule has 0 N–H and O–H groups in total. The van der Waals surface area contributed by atoms with Crippen molar-refractivity contribution in [1.29, 1.82) is 0 Å². The van der Waals surface area contributed by atoms with Gasteiger partial charge < -0.3 is 0 Å². The van der Waals surface area contributed by atoms with Crippen LogP contribution in [0.5, 0.6) is 0 Å². The number of rotatable bonds is 0. The smallest absolute Gasteiger partial charge is 0.221 e.